The molecule has 0 amide bonds. The molecule has 126 valence electrons. The second-order valence-electron chi connectivity index (χ2n) is 5.88. The Bertz CT molecular complexity index is 712. The SMILES string of the molecule is Cc1ccc2c(c1)nc(CN=C(N)N1CCOC(C)C1)n2C.I. The number of hydrogen-bond acceptors (Lipinski definition) is 3. The average molecular weight is 429 g/mol. The molecular weight excluding hydrogens is 405 g/mol. The fourth-order valence-corrected chi connectivity index (χ4v) is 2.78. The summed E-state index contributed by atoms with van der Waals surface area (Å²) in [6.45, 7) is 6.89. The first-order valence-electron chi connectivity index (χ1n) is 7.63. The Morgan fingerprint density at radius 2 is 2.26 bits per heavy atom. The summed E-state index contributed by atoms with van der Waals surface area (Å²) in [6.07, 6.45) is 0.196. The standard InChI is InChI=1S/C16H23N5O.HI/c1-11-4-5-14-13(8-11)19-15(20(14)3)9-18-16(17)21-6-7-22-12(2)10-21;/h4-5,8,12H,6-7,9-10H2,1-3H3,(H2,17,18);1H. The number of aliphatic imine (C=N–C) groups is 1. The predicted molar refractivity (Wildman–Crippen MR) is 103 cm³/mol. The van der Waals surface area contributed by atoms with Crippen molar-refractivity contribution in [3.8, 4) is 0 Å². The molecule has 3 rings (SSSR count). The highest BCUT2D eigenvalue weighted by molar-refractivity contribution is 14.0. The summed E-state index contributed by atoms with van der Waals surface area (Å²) in [5, 5.41) is 0. The van der Waals surface area contributed by atoms with Gasteiger partial charge in [0.2, 0.25) is 0 Å². The molecule has 1 aliphatic heterocycles. The largest absolute Gasteiger partial charge is 0.375 e. The van der Waals surface area contributed by atoms with Crippen molar-refractivity contribution in [3.05, 3.63) is 29.6 Å². The van der Waals surface area contributed by atoms with Crippen LogP contribution in [0, 0.1) is 6.92 Å². The van der Waals surface area contributed by atoms with Gasteiger partial charge in [0.1, 0.15) is 12.4 Å². The maximum Gasteiger partial charge on any atom is 0.191 e. The molecule has 1 unspecified atom stereocenters. The number of benzene rings is 1. The van der Waals surface area contributed by atoms with E-state index in [1.807, 2.05) is 14.0 Å². The number of guanidine groups is 1. The summed E-state index contributed by atoms with van der Waals surface area (Å²) >= 11 is 0. The number of ether oxygens (including phenoxy) is 1. The van der Waals surface area contributed by atoms with Gasteiger partial charge in [0.05, 0.1) is 23.7 Å². The average Bonchev–Trinajstić information content (AvgIpc) is 2.80. The Balaban J connectivity index is 0.00000192. The van der Waals surface area contributed by atoms with E-state index >= 15 is 0 Å². The Kier molecular flexibility index (Phi) is 5.85. The summed E-state index contributed by atoms with van der Waals surface area (Å²) in [7, 11) is 2.02. The molecule has 1 fully saturated rings. The van der Waals surface area contributed by atoms with Crippen molar-refractivity contribution < 1.29 is 4.74 Å². The third-order valence-electron chi connectivity index (χ3n) is 4.08. The van der Waals surface area contributed by atoms with E-state index in [0.29, 0.717) is 19.1 Å². The quantitative estimate of drug-likeness (QED) is 0.451. The molecule has 1 aromatic carbocycles. The molecule has 2 N–H and O–H groups in total. The number of halogens is 1. The molecule has 2 heterocycles. The fraction of sp³-hybridized carbons (Fsp3) is 0.500. The van der Waals surface area contributed by atoms with Gasteiger partial charge in [-0.15, -0.1) is 24.0 Å². The Morgan fingerprint density at radius 1 is 1.48 bits per heavy atom. The molecule has 1 atom stereocenters. The lowest BCUT2D eigenvalue weighted by molar-refractivity contribution is 0.00528. The van der Waals surface area contributed by atoms with Crippen LogP contribution >= 0.6 is 24.0 Å². The van der Waals surface area contributed by atoms with Crippen LogP contribution in [0.25, 0.3) is 11.0 Å². The molecule has 0 aliphatic carbocycles. The first-order valence-corrected chi connectivity index (χ1v) is 7.63. The number of rotatable bonds is 2. The molecule has 1 saturated heterocycles. The van der Waals surface area contributed by atoms with Gasteiger partial charge in [0, 0.05) is 20.1 Å². The zero-order valence-corrected chi connectivity index (χ0v) is 16.2. The molecule has 0 saturated carbocycles. The van der Waals surface area contributed by atoms with Crippen molar-refractivity contribution in [1.82, 2.24) is 14.5 Å². The van der Waals surface area contributed by atoms with Crippen LogP contribution in [-0.4, -0.2) is 46.2 Å². The van der Waals surface area contributed by atoms with Gasteiger partial charge >= 0.3 is 0 Å². The Hall–Kier alpha value is -1.35. The number of fused-ring (bicyclic) bond motifs is 1. The van der Waals surface area contributed by atoms with Gasteiger partial charge in [-0.05, 0) is 31.5 Å². The minimum Gasteiger partial charge on any atom is -0.375 e. The number of imidazole rings is 1. The topological polar surface area (TPSA) is 68.7 Å². The monoisotopic (exact) mass is 429 g/mol. The second-order valence-corrected chi connectivity index (χ2v) is 5.88. The van der Waals surface area contributed by atoms with Crippen molar-refractivity contribution in [1.29, 1.82) is 0 Å². The normalized spacial score (nSPS) is 19.0. The Labute approximate surface area is 153 Å². The van der Waals surface area contributed by atoms with Crippen LogP contribution in [0.2, 0.25) is 0 Å². The lowest BCUT2D eigenvalue weighted by Gasteiger charge is -2.31. The van der Waals surface area contributed by atoms with E-state index in [1.54, 1.807) is 0 Å². The zero-order valence-electron chi connectivity index (χ0n) is 13.8. The fourth-order valence-electron chi connectivity index (χ4n) is 2.78. The Morgan fingerprint density at radius 3 is 3.00 bits per heavy atom. The smallest absolute Gasteiger partial charge is 0.191 e. The molecule has 0 bridgehead atoms. The van der Waals surface area contributed by atoms with Gasteiger partial charge in [-0.25, -0.2) is 9.98 Å². The van der Waals surface area contributed by atoms with Crippen LogP contribution in [0.3, 0.4) is 0 Å². The van der Waals surface area contributed by atoms with E-state index in [9.17, 15) is 0 Å². The highest BCUT2D eigenvalue weighted by Gasteiger charge is 2.18. The van der Waals surface area contributed by atoms with E-state index in [2.05, 4.69) is 44.6 Å². The lowest BCUT2D eigenvalue weighted by atomic mass is 10.2. The zero-order chi connectivity index (χ0) is 15.7. The van der Waals surface area contributed by atoms with Crippen LogP contribution in [0.15, 0.2) is 23.2 Å². The first kappa shape index (κ1) is 18.0. The van der Waals surface area contributed by atoms with E-state index in [1.165, 1.54) is 5.56 Å². The lowest BCUT2D eigenvalue weighted by Crippen LogP contribution is -2.47. The van der Waals surface area contributed by atoms with Crippen LogP contribution in [0.1, 0.15) is 18.3 Å². The highest BCUT2D eigenvalue weighted by Crippen LogP contribution is 2.17. The second kappa shape index (κ2) is 7.48. The van der Waals surface area contributed by atoms with E-state index < -0.39 is 0 Å². The van der Waals surface area contributed by atoms with Crippen molar-refractivity contribution in [2.75, 3.05) is 19.7 Å². The number of aromatic nitrogens is 2. The maximum absolute atomic E-state index is 6.11. The van der Waals surface area contributed by atoms with Gasteiger partial charge in [-0.1, -0.05) is 6.07 Å². The number of aryl methyl sites for hydroxylation is 2. The third kappa shape index (κ3) is 3.95. The van der Waals surface area contributed by atoms with Crippen LogP contribution in [0.5, 0.6) is 0 Å². The van der Waals surface area contributed by atoms with Gasteiger partial charge in [0.15, 0.2) is 5.96 Å². The molecule has 23 heavy (non-hydrogen) atoms. The van der Waals surface area contributed by atoms with Crippen LogP contribution < -0.4 is 5.73 Å². The number of nitrogens with zero attached hydrogens (tertiary/aromatic N) is 4. The van der Waals surface area contributed by atoms with E-state index in [-0.39, 0.29) is 30.1 Å². The molecule has 2 aromatic rings. The van der Waals surface area contributed by atoms with Crippen LogP contribution in [-0.2, 0) is 18.3 Å². The minimum absolute atomic E-state index is 0. The van der Waals surface area contributed by atoms with E-state index in [0.717, 1.165) is 29.9 Å². The maximum atomic E-state index is 6.11. The van der Waals surface area contributed by atoms with Crippen molar-refractivity contribution in [2.24, 2.45) is 17.8 Å². The molecular formula is C16H24IN5O. The molecule has 6 nitrogen and oxygen atoms in total. The number of morpholine rings is 1. The minimum atomic E-state index is 0. The van der Waals surface area contributed by atoms with Crippen molar-refractivity contribution in [3.63, 3.8) is 0 Å². The summed E-state index contributed by atoms with van der Waals surface area (Å²) in [4.78, 5) is 11.2. The number of hydrogen-bond donors (Lipinski definition) is 1. The molecule has 0 radical (unpaired) electrons. The molecule has 7 heteroatoms. The summed E-state index contributed by atoms with van der Waals surface area (Å²) in [6, 6.07) is 6.29. The summed E-state index contributed by atoms with van der Waals surface area (Å²) in [5.74, 6) is 1.49. The first-order chi connectivity index (χ1) is 10.5. The van der Waals surface area contributed by atoms with Crippen molar-refractivity contribution >= 4 is 41.0 Å². The van der Waals surface area contributed by atoms with E-state index in [4.69, 9.17) is 10.5 Å². The van der Waals surface area contributed by atoms with Gasteiger partial charge < -0.3 is 19.9 Å². The third-order valence-corrected chi connectivity index (χ3v) is 4.08. The van der Waals surface area contributed by atoms with Gasteiger partial charge in [-0.2, -0.15) is 0 Å². The summed E-state index contributed by atoms with van der Waals surface area (Å²) < 4.78 is 7.60. The molecule has 0 spiro atoms. The molecule has 1 aromatic heterocycles. The van der Waals surface area contributed by atoms with Gasteiger partial charge in [-0.3, -0.25) is 0 Å². The highest BCUT2D eigenvalue weighted by atomic mass is 127. The predicted octanol–water partition coefficient (Wildman–Crippen LogP) is 2.04. The molecule has 1 aliphatic rings. The van der Waals surface area contributed by atoms with Crippen LogP contribution in [0.4, 0.5) is 0 Å². The van der Waals surface area contributed by atoms with Crippen molar-refractivity contribution in [2.45, 2.75) is 26.5 Å². The summed E-state index contributed by atoms with van der Waals surface area (Å²) in [5.41, 5.74) is 9.45. The van der Waals surface area contributed by atoms with Gasteiger partial charge in [0.25, 0.3) is 0 Å². The number of nitrogens with two attached hydrogens (primary N) is 1.